The number of phenols is 1. The maximum Gasteiger partial charge on any atom is 0.392 e. The fourth-order valence-electron chi connectivity index (χ4n) is 1.58. The molecule has 0 saturated heterocycles. The van der Waals surface area contributed by atoms with Crippen molar-refractivity contribution >= 4 is 11.6 Å². The second-order valence-corrected chi connectivity index (χ2v) is 4.12. The standard InChI is InChI=1S/C12H14F3N3O2/c1-18(17)9(4-5-12(13,14)15)7-2-3-8(11(16)20)10(19)6-7/h2-4,6,19H,5,17H2,1H3,(H2,16,20)/b9-4-. The van der Waals surface area contributed by atoms with Gasteiger partial charge in [-0.25, -0.2) is 5.84 Å². The van der Waals surface area contributed by atoms with Crippen LogP contribution in [0, 0.1) is 0 Å². The molecule has 0 unspecified atom stereocenters. The molecule has 0 aliphatic carbocycles. The maximum absolute atomic E-state index is 12.2. The predicted octanol–water partition coefficient (Wildman–Crippen LogP) is 1.59. The molecule has 1 aromatic rings. The van der Waals surface area contributed by atoms with Crippen LogP contribution < -0.4 is 11.6 Å². The third kappa shape index (κ3) is 4.16. The molecule has 0 fully saturated rings. The quantitative estimate of drug-likeness (QED) is 0.579. The number of allylic oxidation sites excluding steroid dienone is 1. The third-order valence-corrected chi connectivity index (χ3v) is 2.47. The van der Waals surface area contributed by atoms with Crippen LogP contribution in [0.3, 0.4) is 0 Å². The summed E-state index contributed by atoms with van der Waals surface area (Å²) in [6.07, 6.45) is -4.64. The third-order valence-electron chi connectivity index (χ3n) is 2.47. The van der Waals surface area contributed by atoms with Crippen LogP contribution in [0.5, 0.6) is 5.75 Å². The Kier molecular flexibility index (Phi) is 4.61. The molecule has 0 bridgehead atoms. The molecule has 0 saturated carbocycles. The highest BCUT2D eigenvalue weighted by Crippen LogP contribution is 2.27. The van der Waals surface area contributed by atoms with Crippen LogP contribution in [0.1, 0.15) is 22.3 Å². The van der Waals surface area contributed by atoms with Gasteiger partial charge in [0.15, 0.2) is 0 Å². The summed E-state index contributed by atoms with van der Waals surface area (Å²) >= 11 is 0. The minimum Gasteiger partial charge on any atom is -0.507 e. The lowest BCUT2D eigenvalue weighted by atomic mass is 10.1. The van der Waals surface area contributed by atoms with Gasteiger partial charge in [0.05, 0.1) is 17.7 Å². The highest BCUT2D eigenvalue weighted by Gasteiger charge is 2.26. The lowest BCUT2D eigenvalue weighted by Crippen LogP contribution is -2.24. The molecule has 0 aliphatic heterocycles. The zero-order valence-electron chi connectivity index (χ0n) is 10.6. The average molecular weight is 289 g/mol. The first kappa shape index (κ1) is 15.8. The number of primary amides is 1. The molecule has 1 amide bonds. The van der Waals surface area contributed by atoms with Gasteiger partial charge in [-0.3, -0.25) is 4.79 Å². The first-order valence-corrected chi connectivity index (χ1v) is 5.50. The van der Waals surface area contributed by atoms with Crippen molar-refractivity contribution in [1.29, 1.82) is 0 Å². The number of hydrogen-bond acceptors (Lipinski definition) is 4. The van der Waals surface area contributed by atoms with Gasteiger partial charge in [-0.15, -0.1) is 0 Å². The van der Waals surface area contributed by atoms with E-state index in [0.29, 0.717) is 0 Å². The van der Waals surface area contributed by atoms with Crippen molar-refractivity contribution in [3.05, 3.63) is 35.4 Å². The van der Waals surface area contributed by atoms with E-state index >= 15 is 0 Å². The summed E-state index contributed by atoms with van der Waals surface area (Å²) in [5.41, 5.74) is 5.20. The van der Waals surface area contributed by atoms with Crippen molar-refractivity contribution in [3.63, 3.8) is 0 Å². The van der Waals surface area contributed by atoms with Crippen LogP contribution in [0.4, 0.5) is 13.2 Å². The normalized spacial score (nSPS) is 12.3. The molecule has 0 atom stereocenters. The predicted molar refractivity (Wildman–Crippen MR) is 67.2 cm³/mol. The fourth-order valence-corrected chi connectivity index (χ4v) is 1.58. The van der Waals surface area contributed by atoms with Gasteiger partial charge in [0.25, 0.3) is 5.91 Å². The number of alkyl halides is 3. The fraction of sp³-hybridized carbons (Fsp3) is 0.250. The number of aromatic hydroxyl groups is 1. The minimum atomic E-state index is -4.36. The zero-order chi connectivity index (χ0) is 15.5. The van der Waals surface area contributed by atoms with E-state index in [4.69, 9.17) is 11.6 Å². The van der Waals surface area contributed by atoms with Gasteiger partial charge >= 0.3 is 6.18 Å². The Morgan fingerprint density at radius 3 is 2.45 bits per heavy atom. The first-order chi connectivity index (χ1) is 9.11. The summed E-state index contributed by atoms with van der Waals surface area (Å²) in [6.45, 7) is 0. The molecule has 0 spiro atoms. The Labute approximate surface area is 113 Å². The number of amides is 1. The summed E-state index contributed by atoms with van der Waals surface area (Å²) < 4.78 is 36.7. The smallest absolute Gasteiger partial charge is 0.392 e. The number of benzene rings is 1. The van der Waals surface area contributed by atoms with E-state index in [1.165, 1.54) is 19.2 Å². The number of nitrogens with zero attached hydrogens (tertiary/aromatic N) is 1. The Balaban J connectivity index is 3.17. The van der Waals surface area contributed by atoms with E-state index in [1.807, 2.05) is 0 Å². The van der Waals surface area contributed by atoms with Gasteiger partial charge in [-0.1, -0.05) is 12.1 Å². The van der Waals surface area contributed by atoms with E-state index in [1.54, 1.807) is 0 Å². The molecular formula is C12H14F3N3O2. The molecule has 5 nitrogen and oxygen atoms in total. The monoisotopic (exact) mass is 289 g/mol. The van der Waals surface area contributed by atoms with Crippen molar-refractivity contribution in [2.45, 2.75) is 12.6 Å². The Hall–Kier alpha value is -2.22. The number of carbonyl (C=O) groups excluding carboxylic acids is 1. The van der Waals surface area contributed by atoms with Crippen LogP contribution in [-0.4, -0.2) is 29.2 Å². The molecule has 0 radical (unpaired) electrons. The number of halogens is 3. The summed E-state index contributed by atoms with van der Waals surface area (Å²) in [5, 5.41) is 10.6. The highest BCUT2D eigenvalue weighted by atomic mass is 19.4. The SMILES string of the molecule is CN(N)/C(=C\CC(F)(F)F)c1ccc(C(N)=O)c(O)c1. The van der Waals surface area contributed by atoms with Gasteiger partial charge < -0.3 is 15.8 Å². The van der Waals surface area contributed by atoms with E-state index < -0.39 is 24.3 Å². The van der Waals surface area contributed by atoms with Gasteiger partial charge in [0.1, 0.15) is 5.75 Å². The van der Waals surface area contributed by atoms with Crippen molar-refractivity contribution in [2.24, 2.45) is 11.6 Å². The molecule has 8 heteroatoms. The number of carbonyl (C=O) groups is 1. The maximum atomic E-state index is 12.2. The second kappa shape index (κ2) is 5.83. The van der Waals surface area contributed by atoms with E-state index in [0.717, 1.165) is 17.2 Å². The molecule has 5 N–H and O–H groups in total. The molecule has 110 valence electrons. The highest BCUT2D eigenvalue weighted by molar-refractivity contribution is 5.96. The lowest BCUT2D eigenvalue weighted by Gasteiger charge is -2.18. The molecule has 1 rings (SSSR count). The minimum absolute atomic E-state index is 0.0636. The molecule has 1 aromatic carbocycles. The Morgan fingerprint density at radius 1 is 1.45 bits per heavy atom. The first-order valence-electron chi connectivity index (χ1n) is 5.50. The molecule has 0 heterocycles. The molecule has 0 aromatic heterocycles. The van der Waals surface area contributed by atoms with Crippen molar-refractivity contribution in [3.8, 4) is 5.75 Å². The number of rotatable bonds is 4. The van der Waals surface area contributed by atoms with Crippen LogP contribution in [0.25, 0.3) is 5.70 Å². The lowest BCUT2D eigenvalue weighted by molar-refractivity contribution is -0.125. The van der Waals surface area contributed by atoms with Crippen LogP contribution in [0.15, 0.2) is 24.3 Å². The number of nitrogens with two attached hydrogens (primary N) is 2. The van der Waals surface area contributed by atoms with E-state index in [2.05, 4.69) is 0 Å². The summed E-state index contributed by atoms with van der Waals surface area (Å²) in [7, 11) is 1.36. The molecule has 0 aliphatic rings. The van der Waals surface area contributed by atoms with Crippen molar-refractivity contribution in [2.75, 3.05) is 7.05 Å². The van der Waals surface area contributed by atoms with Crippen LogP contribution >= 0.6 is 0 Å². The van der Waals surface area contributed by atoms with Gasteiger partial charge in [-0.2, -0.15) is 13.2 Å². The van der Waals surface area contributed by atoms with E-state index in [9.17, 15) is 23.1 Å². The molecular weight excluding hydrogens is 275 g/mol. The van der Waals surface area contributed by atoms with Crippen LogP contribution in [0.2, 0.25) is 0 Å². The zero-order valence-corrected chi connectivity index (χ0v) is 10.6. The number of hydrogen-bond donors (Lipinski definition) is 3. The van der Waals surface area contributed by atoms with Crippen LogP contribution in [-0.2, 0) is 0 Å². The number of hydrazine groups is 1. The van der Waals surface area contributed by atoms with Gasteiger partial charge in [-0.05, 0) is 12.1 Å². The van der Waals surface area contributed by atoms with Crippen molar-refractivity contribution < 1.29 is 23.1 Å². The van der Waals surface area contributed by atoms with Gasteiger partial charge in [0.2, 0.25) is 0 Å². The van der Waals surface area contributed by atoms with Crippen molar-refractivity contribution in [1.82, 2.24) is 5.01 Å². The summed E-state index contributed by atoms with van der Waals surface area (Å²) in [5.74, 6) is 4.21. The Bertz CT molecular complexity index is 539. The topological polar surface area (TPSA) is 92.6 Å². The summed E-state index contributed by atoms with van der Waals surface area (Å²) in [6, 6.07) is 3.70. The largest absolute Gasteiger partial charge is 0.507 e. The summed E-state index contributed by atoms with van der Waals surface area (Å²) in [4.78, 5) is 11.0. The van der Waals surface area contributed by atoms with Gasteiger partial charge in [0, 0.05) is 12.6 Å². The average Bonchev–Trinajstić information content (AvgIpc) is 2.26. The molecule has 20 heavy (non-hydrogen) atoms. The Morgan fingerprint density at radius 2 is 2.05 bits per heavy atom. The second-order valence-electron chi connectivity index (χ2n) is 4.12. The van der Waals surface area contributed by atoms with E-state index in [-0.39, 0.29) is 16.8 Å².